The Kier molecular flexibility index (Phi) is 7.34. The lowest BCUT2D eigenvalue weighted by Gasteiger charge is -2.36. The molecule has 0 spiro atoms. The number of rotatable bonds is 7. The Bertz CT molecular complexity index is 502. The largest absolute Gasteiger partial charge is 0.385 e. The van der Waals surface area contributed by atoms with E-state index in [1.54, 1.807) is 7.11 Å². The van der Waals surface area contributed by atoms with Crippen molar-refractivity contribution < 1.29 is 9.53 Å². The molecule has 4 nitrogen and oxygen atoms in total. The van der Waals surface area contributed by atoms with Crippen molar-refractivity contribution in [3.05, 3.63) is 34.9 Å². The first-order valence-electron chi connectivity index (χ1n) is 8.38. The van der Waals surface area contributed by atoms with Gasteiger partial charge in [-0.05, 0) is 50.9 Å². The van der Waals surface area contributed by atoms with Crippen LogP contribution in [0.4, 0.5) is 0 Å². The summed E-state index contributed by atoms with van der Waals surface area (Å²) in [6, 6.07) is 8.29. The first-order chi connectivity index (χ1) is 11.1. The van der Waals surface area contributed by atoms with Gasteiger partial charge < -0.3 is 10.1 Å². The number of piperidine rings is 1. The number of hydrogen-bond acceptors (Lipinski definition) is 3. The molecule has 5 heteroatoms. The zero-order valence-corrected chi connectivity index (χ0v) is 14.8. The minimum atomic E-state index is 0.132. The smallest absolute Gasteiger partial charge is 0.223 e. The van der Waals surface area contributed by atoms with Crippen molar-refractivity contribution in [2.24, 2.45) is 5.92 Å². The Hall–Kier alpha value is -1.10. The van der Waals surface area contributed by atoms with Crippen LogP contribution in [-0.4, -0.2) is 44.2 Å². The van der Waals surface area contributed by atoms with Gasteiger partial charge in [-0.25, -0.2) is 0 Å². The minimum Gasteiger partial charge on any atom is -0.385 e. The molecule has 1 unspecified atom stereocenters. The SMILES string of the molecule is COCCCNC(=O)C1CCN(C(C)c2ccccc2Cl)CC1. The van der Waals surface area contributed by atoms with E-state index in [0.717, 1.165) is 42.9 Å². The molecule has 2 rings (SSSR count). The van der Waals surface area contributed by atoms with Gasteiger partial charge in [0, 0.05) is 37.2 Å². The second-order valence-electron chi connectivity index (χ2n) is 6.15. The standard InChI is InChI=1S/C18H27ClN2O2/c1-14(16-6-3-4-7-17(16)19)21-11-8-15(9-12-21)18(22)20-10-5-13-23-2/h3-4,6-7,14-15H,5,8-13H2,1-2H3,(H,20,22). The van der Waals surface area contributed by atoms with E-state index in [-0.39, 0.29) is 17.9 Å². The van der Waals surface area contributed by atoms with Crippen LogP contribution in [0.2, 0.25) is 5.02 Å². The van der Waals surface area contributed by atoms with Crippen LogP contribution in [0.3, 0.4) is 0 Å². The number of halogens is 1. The minimum absolute atomic E-state index is 0.132. The van der Waals surface area contributed by atoms with Crippen LogP contribution in [0.15, 0.2) is 24.3 Å². The second kappa shape index (κ2) is 9.26. The number of nitrogens with zero attached hydrogens (tertiary/aromatic N) is 1. The van der Waals surface area contributed by atoms with Crippen LogP contribution in [0, 0.1) is 5.92 Å². The Balaban J connectivity index is 1.79. The Morgan fingerprint density at radius 1 is 1.39 bits per heavy atom. The number of amides is 1. The predicted molar refractivity (Wildman–Crippen MR) is 93.7 cm³/mol. The number of likely N-dealkylation sites (tertiary alicyclic amines) is 1. The van der Waals surface area contributed by atoms with Gasteiger partial charge in [-0.2, -0.15) is 0 Å². The van der Waals surface area contributed by atoms with E-state index >= 15 is 0 Å². The average molecular weight is 339 g/mol. The highest BCUT2D eigenvalue weighted by Gasteiger charge is 2.28. The molecule has 128 valence electrons. The molecule has 1 aliphatic heterocycles. The maximum atomic E-state index is 12.2. The lowest BCUT2D eigenvalue weighted by Crippen LogP contribution is -2.41. The van der Waals surface area contributed by atoms with Gasteiger partial charge in [0.2, 0.25) is 5.91 Å². The van der Waals surface area contributed by atoms with Crippen LogP contribution in [0.25, 0.3) is 0 Å². The molecule has 1 N–H and O–H groups in total. The summed E-state index contributed by atoms with van der Waals surface area (Å²) in [7, 11) is 1.68. The van der Waals surface area contributed by atoms with Gasteiger partial charge in [0.15, 0.2) is 0 Å². The van der Waals surface area contributed by atoms with Crippen molar-refractivity contribution in [1.29, 1.82) is 0 Å². The fourth-order valence-electron chi connectivity index (χ4n) is 3.13. The Morgan fingerprint density at radius 3 is 2.74 bits per heavy atom. The molecule has 1 fully saturated rings. The lowest BCUT2D eigenvalue weighted by molar-refractivity contribution is -0.126. The van der Waals surface area contributed by atoms with Crippen molar-refractivity contribution in [3.8, 4) is 0 Å². The fourth-order valence-corrected chi connectivity index (χ4v) is 3.43. The molecule has 0 bridgehead atoms. The summed E-state index contributed by atoms with van der Waals surface area (Å²) < 4.78 is 4.99. The summed E-state index contributed by atoms with van der Waals surface area (Å²) in [5.41, 5.74) is 1.16. The van der Waals surface area contributed by atoms with Gasteiger partial charge in [0.05, 0.1) is 0 Å². The number of nitrogens with one attached hydrogen (secondary N) is 1. The Morgan fingerprint density at radius 2 is 2.09 bits per heavy atom. The third kappa shape index (κ3) is 5.20. The van der Waals surface area contributed by atoms with Crippen LogP contribution < -0.4 is 5.32 Å². The molecule has 1 atom stereocenters. The van der Waals surface area contributed by atoms with Crippen molar-refractivity contribution >= 4 is 17.5 Å². The number of carbonyl (C=O) groups excluding carboxylic acids is 1. The topological polar surface area (TPSA) is 41.6 Å². The van der Waals surface area contributed by atoms with E-state index in [1.807, 2.05) is 18.2 Å². The van der Waals surface area contributed by atoms with Gasteiger partial charge in [0.1, 0.15) is 0 Å². The molecule has 1 aromatic rings. The summed E-state index contributed by atoms with van der Waals surface area (Å²) >= 11 is 6.30. The highest BCUT2D eigenvalue weighted by molar-refractivity contribution is 6.31. The third-order valence-corrected chi connectivity index (χ3v) is 4.97. The van der Waals surface area contributed by atoms with Crippen molar-refractivity contribution in [2.45, 2.75) is 32.2 Å². The number of methoxy groups -OCH3 is 1. The summed E-state index contributed by atoms with van der Waals surface area (Å²) in [5, 5.41) is 3.83. The third-order valence-electron chi connectivity index (χ3n) is 4.63. The highest BCUT2D eigenvalue weighted by Crippen LogP contribution is 2.30. The van der Waals surface area contributed by atoms with Gasteiger partial charge in [-0.1, -0.05) is 29.8 Å². The molecule has 1 amide bonds. The maximum Gasteiger partial charge on any atom is 0.223 e. The van der Waals surface area contributed by atoms with Crippen molar-refractivity contribution in [3.63, 3.8) is 0 Å². The van der Waals surface area contributed by atoms with E-state index in [1.165, 1.54) is 0 Å². The monoisotopic (exact) mass is 338 g/mol. The first kappa shape index (κ1) is 18.2. The zero-order valence-electron chi connectivity index (χ0n) is 14.1. The van der Waals surface area contributed by atoms with E-state index in [4.69, 9.17) is 16.3 Å². The number of carbonyl (C=O) groups is 1. The van der Waals surface area contributed by atoms with Crippen molar-refractivity contribution in [1.82, 2.24) is 10.2 Å². The van der Waals surface area contributed by atoms with E-state index in [2.05, 4.69) is 23.2 Å². The molecule has 0 aliphatic carbocycles. The molecule has 1 aromatic carbocycles. The zero-order chi connectivity index (χ0) is 16.7. The molecule has 1 heterocycles. The van der Waals surface area contributed by atoms with E-state index in [9.17, 15) is 4.79 Å². The second-order valence-corrected chi connectivity index (χ2v) is 6.55. The number of benzene rings is 1. The van der Waals surface area contributed by atoms with Gasteiger partial charge >= 0.3 is 0 Å². The number of hydrogen-bond donors (Lipinski definition) is 1. The van der Waals surface area contributed by atoms with Gasteiger partial charge in [0.25, 0.3) is 0 Å². The normalized spacial score (nSPS) is 17.9. The maximum absolute atomic E-state index is 12.2. The van der Waals surface area contributed by atoms with E-state index in [0.29, 0.717) is 13.2 Å². The molecule has 23 heavy (non-hydrogen) atoms. The quantitative estimate of drug-likeness (QED) is 0.776. The molecule has 0 aromatic heterocycles. The van der Waals surface area contributed by atoms with Gasteiger partial charge in [-0.15, -0.1) is 0 Å². The Labute approximate surface area is 144 Å². The number of ether oxygens (including phenoxy) is 1. The highest BCUT2D eigenvalue weighted by atomic mass is 35.5. The summed E-state index contributed by atoms with van der Waals surface area (Å²) in [4.78, 5) is 14.6. The van der Waals surface area contributed by atoms with E-state index < -0.39 is 0 Å². The van der Waals surface area contributed by atoms with Crippen LogP contribution >= 0.6 is 11.6 Å². The fraction of sp³-hybridized carbons (Fsp3) is 0.611. The summed E-state index contributed by atoms with van der Waals surface area (Å²) in [5.74, 6) is 0.318. The van der Waals surface area contributed by atoms with Crippen LogP contribution in [0.1, 0.15) is 37.8 Å². The van der Waals surface area contributed by atoms with Gasteiger partial charge in [-0.3, -0.25) is 9.69 Å². The summed E-state index contributed by atoms with van der Waals surface area (Å²) in [6.07, 6.45) is 2.68. The molecular formula is C18H27ClN2O2. The molecule has 0 saturated carbocycles. The molecule has 0 radical (unpaired) electrons. The first-order valence-corrected chi connectivity index (χ1v) is 8.76. The molecule has 1 saturated heterocycles. The van der Waals surface area contributed by atoms with Crippen LogP contribution in [-0.2, 0) is 9.53 Å². The van der Waals surface area contributed by atoms with Crippen molar-refractivity contribution in [2.75, 3.05) is 33.4 Å². The predicted octanol–water partition coefficient (Wildman–Crippen LogP) is 3.27. The molecule has 1 aliphatic rings. The summed E-state index contributed by atoms with van der Waals surface area (Å²) in [6.45, 7) is 5.44. The molecular weight excluding hydrogens is 312 g/mol. The average Bonchev–Trinajstić information content (AvgIpc) is 2.58. The van der Waals surface area contributed by atoms with Crippen LogP contribution in [0.5, 0.6) is 0 Å². The lowest BCUT2D eigenvalue weighted by atomic mass is 9.94.